The highest BCUT2D eigenvalue weighted by atomic mass is 32.1. The van der Waals surface area contributed by atoms with E-state index in [1.54, 1.807) is 11.3 Å². The van der Waals surface area contributed by atoms with Crippen LogP contribution in [0.2, 0.25) is 0 Å². The zero-order chi connectivity index (χ0) is 17.7. The molecule has 3 aliphatic rings. The minimum atomic E-state index is 0.289. The first-order chi connectivity index (χ1) is 12.7. The van der Waals surface area contributed by atoms with E-state index in [9.17, 15) is 4.79 Å². The molecule has 1 aromatic heterocycles. The van der Waals surface area contributed by atoms with E-state index in [4.69, 9.17) is 0 Å². The molecule has 0 bridgehead atoms. The molecule has 1 aromatic carbocycles. The number of fused-ring (bicyclic) bond motifs is 3. The number of hydrogen-bond donors (Lipinski definition) is 0. The van der Waals surface area contributed by atoms with Gasteiger partial charge in [-0.3, -0.25) is 4.79 Å². The summed E-state index contributed by atoms with van der Waals surface area (Å²) in [6.07, 6.45) is 1.84. The Kier molecular flexibility index (Phi) is 4.02. The smallest absolute Gasteiger partial charge is 0.174 e. The largest absolute Gasteiger partial charge is 0.371 e. The van der Waals surface area contributed by atoms with Crippen LogP contribution in [0.1, 0.15) is 34.0 Å². The van der Waals surface area contributed by atoms with Gasteiger partial charge in [0.05, 0.1) is 16.3 Å². The van der Waals surface area contributed by atoms with E-state index in [0.29, 0.717) is 18.4 Å². The van der Waals surface area contributed by atoms with Gasteiger partial charge in [0.2, 0.25) is 0 Å². The van der Waals surface area contributed by atoms with Gasteiger partial charge in [0.25, 0.3) is 0 Å². The van der Waals surface area contributed by atoms with Gasteiger partial charge in [-0.2, -0.15) is 0 Å². The van der Waals surface area contributed by atoms with E-state index in [0.717, 1.165) is 37.6 Å². The maximum atomic E-state index is 12.3. The minimum absolute atomic E-state index is 0.289. The zero-order valence-electron chi connectivity index (χ0n) is 15.2. The van der Waals surface area contributed by atoms with Crippen molar-refractivity contribution in [2.75, 3.05) is 49.6 Å². The molecule has 4 heterocycles. The summed E-state index contributed by atoms with van der Waals surface area (Å²) in [6, 6.07) is 11.4. The number of carbonyl (C=O) groups excluding carboxylic acids is 1. The first kappa shape index (κ1) is 16.3. The summed E-state index contributed by atoms with van der Waals surface area (Å²) in [5.41, 5.74) is 4.39. The quantitative estimate of drug-likeness (QED) is 0.774. The number of piperidine rings is 1. The third-order valence-corrected chi connectivity index (χ3v) is 7.24. The first-order valence-electron chi connectivity index (χ1n) is 9.62. The predicted octanol–water partition coefficient (Wildman–Crippen LogP) is 3.45. The van der Waals surface area contributed by atoms with Crippen molar-refractivity contribution in [3.63, 3.8) is 0 Å². The van der Waals surface area contributed by atoms with E-state index in [2.05, 4.69) is 39.9 Å². The number of ketones is 1. The van der Waals surface area contributed by atoms with Gasteiger partial charge in [-0.15, -0.1) is 11.3 Å². The number of anilines is 2. The highest BCUT2D eigenvalue weighted by Gasteiger charge is 2.44. The lowest BCUT2D eigenvalue weighted by Crippen LogP contribution is -2.49. The van der Waals surface area contributed by atoms with Gasteiger partial charge in [0, 0.05) is 58.2 Å². The summed E-state index contributed by atoms with van der Waals surface area (Å²) in [5.74, 6) is 0.874. The van der Waals surface area contributed by atoms with Crippen molar-refractivity contribution in [1.29, 1.82) is 0 Å². The number of nitrogens with zero attached hydrogens (tertiary/aromatic N) is 3. The fourth-order valence-corrected chi connectivity index (χ4v) is 5.69. The predicted molar refractivity (Wildman–Crippen MR) is 108 cm³/mol. The van der Waals surface area contributed by atoms with Crippen LogP contribution in [0.15, 0.2) is 35.7 Å². The lowest BCUT2D eigenvalue weighted by Gasteiger charge is -2.41. The Hall–Kier alpha value is -1.85. The van der Waals surface area contributed by atoms with Crippen LogP contribution < -0.4 is 9.80 Å². The van der Waals surface area contributed by atoms with Gasteiger partial charge in [0.1, 0.15) is 0 Å². The van der Waals surface area contributed by atoms with Crippen LogP contribution in [0.3, 0.4) is 0 Å². The molecule has 0 aliphatic carbocycles. The number of para-hydroxylation sites is 1. The summed E-state index contributed by atoms with van der Waals surface area (Å²) < 4.78 is 0. The molecule has 1 saturated heterocycles. The van der Waals surface area contributed by atoms with E-state index in [1.165, 1.54) is 23.4 Å². The second-order valence-corrected chi connectivity index (χ2v) is 8.69. The third kappa shape index (κ3) is 2.57. The number of Topliss-reactive ketones (excluding diaryl/α,β-unsaturated/α-hetero) is 1. The number of rotatable bonds is 4. The van der Waals surface area contributed by atoms with E-state index in [-0.39, 0.29) is 5.78 Å². The van der Waals surface area contributed by atoms with Crippen molar-refractivity contribution >= 4 is 28.5 Å². The number of benzene rings is 1. The van der Waals surface area contributed by atoms with E-state index < -0.39 is 0 Å². The van der Waals surface area contributed by atoms with Gasteiger partial charge in [-0.25, -0.2) is 0 Å². The summed E-state index contributed by atoms with van der Waals surface area (Å²) >= 11 is 1.56. The van der Waals surface area contributed by atoms with E-state index >= 15 is 0 Å². The highest BCUT2D eigenvalue weighted by Crippen LogP contribution is 2.50. The standard InChI is InChI=1S/C21H25N3OS/c1-22-11-12-24-17-7-9-23(10-8-19(25)20-6-3-13-26-20)14-16(17)15-4-2-5-18(22)21(15)24/h2-6,13,16-17H,7-12,14H2,1H3/t16-,17-/m0/s1. The van der Waals surface area contributed by atoms with Crippen LogP contribution in [0.4, 0.5) is 11.4 Å². The Morgan fingerprint density at radius 3 is 2.96 bits per heavy atom. The average molecular weight is 368 g/mol. The monoisotopic (exact) mass is 367 g/mol. The first-order valence-corrected chi connectivity index (χ1v) is 10.5. The molecule has 2 atom stereocenters. The van der Waals surface area contributed by atoms with Crippen LogP contribution in [-0.4, -0.2) is 56.5 Å². The molecule has 4 nitrogen and oxygen atoms in total. The van der Waals surface area contributed by atoms with Gasteiger partial charge >= 0.3 is 0 Å². The minimum Gasteiger partial charge on any atom is -0.371 e. The molecule has 1 fully saturated rings. The van der Waals surface area contributed by atoms with Crippen molar-refractivity contribution in [3.8, 4) is 0 Å². The summed E-state index contributed by atoms with van der Waals surface area (Å²) in [7, 11) is 2.21. The summed E-state index contributed by atoms with van der Waals surface area (Å²) in [4.78, 5) is 20.8. The number of likely N-dealkylation sites (tertiary alicyclic amines) is 1. The molecule has 3 aliphatic heterocycles. The Bertz CT molecular complexity index is 819. The number of likely N-dealkylation sites (N-methyl/N-ethyl adjacent to an activating group) is 1. The fourth-order valence-electron chi connectivity index (χ4n) is 5.00. The number of hydrogen-bond acceptors (Lipinski definition) is 5. The third-order valence-electron chi connectivity index (χ3n) is 6.33. The van der Waals surface area contributed by atoms with E-state index in [1.807, 2.05) is 17.5 Å². The zero-order valence-corrected chi connectivity index (χ0v) is 16.0. The fraction of sp³-hybridized carbons (Fsp3) is 0.476. The lowest BCUT2D eigenvalue weighted by atomic mass is 9.89. The molecule has 0 spiro atoms. The molecule has 0 N–H and O–H groups in total. The molecule has 2 aromatic rings. The molecular formula is C21H25N3OS. The molecule has 5 rings (SSSR count). The van der Waals surface area contributed by atoms with Crippen molar-refractivity contribution in [2.45, 2.75) is 24.8 Å². The number of carbonyl (C=O) groups is 1. The summed E-state index contributed by atoms with van der Waals surface area (Å²) in [5, 5.41) is 1.98. The Labute approximate surface area is 159 Å². The normalized spacial score (nSPS) is 24.5. The van der Waals surface area contributed by atoms with Crippen LogP contribution in [0.5, 0.6) is 0 Å². The maximum absolute atomic E-state index is 12.3. The molecule has 136 valence electrons. The summed E-state index contributed by atoms with van der Waals surface area (Å²) in [6.45, 7) is 5.32. The van der Waals surface area contributed by atoms with Crippen molar-refractivity contribution < 1.29 is 4.79 Å². The van der Waals surface area contributed by atoms with Crippen molar-refractivity contribution in [3.05, 3.63) is 46.2 Å². The van der Waals surface area contributed by atoms with Crippen LogP contribution in [0.25, 0.3) is 0 Å². The maximum Gasteiger partial charge on any atom is 0.174 e. The lowest BCUT2D eigenvalue weighted by molar-refractivity contribution is 0.0956. The van der Waals surface area contributed by atoms with Crippen LogP contribution >= 0.6 is 11.3 Å². The van der Waals surface area contributed by atoms with Crippen molar-refractivity contribution in [1.82, 2.24) is 4.90 Å². The van der Waals surface area contributed by atoms with Gasteiger partial charge in [0.15, 0.2) is 5.78 Å². The second kappa shape index (κ2) is 6.39. The van der Waals surface area contributed by atoms with Crippen molar-refractivity contribution in [2.24, 2.45) is 0 Å². The number of thiophene rings is 1. The molecule has 5 heteroatoms. The van der Waals surface area contributed by atoms with Gasteiger partial charge in [-0.05, 0) is 29.5 Å². The Morgan fingerprint density at radius 2 is 2.12 bits per heavy atom. The van der Waals surface area contributed by atoms with Gasteiger partial charge < -0.3 is 14.7 Å². The molecule has 0 unspecified atom stereocenters. The molecular weight excluding hydrogens is 342 g/mol. The Morgan fingerprint density at radius 1 is 1.19 bits per heavy atom. The molecule has 0 radical (unpaired) electrons. The average Bonchev–Trinajstić information content (AvgIpc) is 3.30. The second-order valence-electron chi connectivity index (χ2n) is 7.74. The Balaban J connectivity index is 1.32. The molecule has 0 saturated carbocycles. The molecule has 26 heavy (non-hydrogen) atoms. The van der Waals surface area contributed by atoms with Crippen LogP contribution in [0, 0.1) is 0 Å². The highest BCUT2D eigenvalue weighted by molar-refractivity contribution is 7.12. The SMILES string of the molecule is CN1CCN2c3c(cccc31)[C@@H]1CN(CCC(=O)c3cccs3)CC[C@@H]12. The topological polar surface area (TPSA) is 26.8 Å². The van der Waals surface area contributed by atoms with Gasteiger partial charge in [-0.1, -0.05) is 18.2 Å². The van der Waals surface area contributed by atoms with Crippen LogP contribution in [-0.2, 0) is 0 Å². The molecule has 0 amide bonds.